The van der Waals surface area contributed by atoms with Gasteiger partial charge in [-0.25, -0.2) is 4.79 Å². The molecular weight excluding hydrogens is 368 g/mol. The molecule has 2 aromatic rings. The first kappa shape index (κ1) is 19.2. The Kier molecular flexibility index (Phi) is 5.60. The van der Waals surface area contributed by atoms with E-state index in [0.717, 1.165) is 30.5 Å². The first-order valence-corrected chi connectivity index (χ1v) is 9.98. The summed E-state index contributed by atoms with van der Waals surface area (Å²) in [5, 5.41) is 0. The van der Waals surface area contributed by atoms with Crippen molar-refractivity contribution in [2.24, 2.45) is 0 Å². The highest BCUT2D eigenvalue weighted by Gasteiger charge is 2.22. The number of esters is 1. The van der Waals surface area contributed by atoms with Gasteiger partial charge in [-0.3, -0.25) is 9.59 Å². The van der Waals surface area contributed by atoms with Crippen LogP contribution in [0.2, 0.25) is 0 Å². The molecule has 6 heteroatoms. The summed E-state index contributed by atoms with van der Waals surface area (Å²) in [4.78, 5) is 40.2. The van der Waals surface area contributed by atoms with Gasteiger partial charge in [0.25, 0.3) is 5.91 Å². The number of benzene rings is 2. The average molecular weight is 392 g/mol. The highest BCUT2D eigenvalue weighted by atomic mass is 16.5. The molecule has 0 unspecified atom stereocenters. The second kappa shape index (κ2) is 8.47. The van der Waals surface area contributed by atoms with Gasteiger partial charge in [0.2, 0.25) is 5.91 Å². The SMILES string of the molecule is O=C(OCC(=O)N1CCc2ccccc2C1)c1cccc(CN2CCCC2=O)c1. The standard InChI is InChI=1S/C23H24N2O4/c26-21-9-4-11-24(21)14-17-5-3-8-19(13-17)23(28)29-16-22(27)25-12-10-18-6-1-2-7-20(18)15-25/h1-3,5-8,13H,4,9-12,14-16H2. The van der Waals surface area contributed by atoms with Crippen LogP contribution in [0.3, 0.4) is 0 Å². The zero-order chi connectivity index (χ0) is 20.2. The third-order valence-corrected chi connectivity index (χ3v) is 5.52. The van der Waals surface area contributed by atoms with E-state index >= 15 is 0 Å². The molecule has 1 fully saturated rings. The molecule has 0 N–H and O–H groups in total. The van der Waals surface area contributed by atoms with Crippen molar-refractivity contribution >= 4 is 17.8 Å². The van der Waals surface area contributed by atoms with Crippen LogP contribution in [0.5, 0.6) is 0 Å². The van der Waals surface area contributed by atoms with Crippen molar-refractivity contribution in [2.75, 3.05) is 19.7 Å². The van der Waals surface area contributed by atoms with Crippen molar-refractivity contribution in [3.05, 3.63) is 70.8 Å². The lowest BCUT2D eigenvalue weighted by molar-refractivity contribution is -0.135. The summed E-state index contributed by atoms with van der Waals surface area (Å²) < 4.78 is 5.27. The molecule has 0 aliphatic carbocycles. The highest BCUT2D eigenvalue weighted by molar-refractivity contribution is 5.91. The van der Waals surface area contributed by atoms with Gasteiger partial charge in [-0.05, 0) is 41.7 Å². The quantitative estimate of drug-likeness (QED) is 0.734. The number of ether oxygens (including phenoxy) is 1. The Labute approximate surface area is 170 Å². The lowest BCUT2D eigenvalue weighted by Crippen LogP contribution is -2.38. The van der Waals surface area contributed by atoms with Gasteiger partial charge in [0.1, 0.15) is 0 Å². The number of carbonyl (C=O) groups excluding carboxylic acids is 3. The topological polar surface area (TPSA) is 66.9 Å². The first-order valence-electron chi connectivity index (χ1n) is 9.98. The van der Waals surface area contributed by atoms with E-state index in [1.807, 2.05) is 24.3 Å². The molecule has 2 amide bonds. The zero-order valence-electron chi connectivity index (χ0n) is 16.3. The van der Waals surface area contributed by atoms with Gasteiger partial charge in [-0.1, -0.05) is 36.4 Å². The summed E-state index contributed by atoms with van der Waals surface area (Å²) in [5.41, 5.74) is 3.68. The highest BCUT2D eigenvalue weighted by Crippen LogP contribution is 2.19. The number of hydrogen-bond donors (Lipinski definition) is 0. The van der Waals surface area contributed by atoms with E-state index in [1.54, 1.807) is 28.0 Å². The van der Waals surface area contributed by atoms with Crippen LogP contribution in [0.25, 0.3) is 0 Å². The van der Waals surface area contributed by atoms with Crippen LogP contribution in [-0.4, -0.2) is 47.3 Å². The Morgan fingerprint density at radius 2 is 1.79 bits per heavy atom. The first-order chi connectivity index (χ1) is 14.1. The van der Waals surface area contributed by atoms with E-state index in [2.05, 4.69) is 6.07 Å². The number of amides is 2. The van der Waals surface area contributed by atoms with Crippen LogP contribution in [0.15, 0.2) is 48.5 Å². The minimum atomic E-state index is -0.523. The summed E-state index contributed by atoms with van der Waals surface area (Å²) in [6, 6.07) is 15.1. The number of fused-ring (bicyclic) bond motifs is 1. The van der Waals surface area contributed by atoms with E-state index in [4.69, 9.17) is 4.74 Å². The fourth-order valence-corrected chi connectivity index (χ4v) is 3.90. The molecule has 2 aromatic carbocycles. The molecule has 6 nitrogen and oxygen atoms in total. The molecule has 2 heterocycles. The molecule has 2 aliphatic heterocycles. The molecule has 0 spiro atoms. The summed E-state index contributed by atoms with van der Waals surface area (Å²) in [6.07, 6.45) is 2.28. The Bertz CT molecular complexity index is 940. The van der Waals surface area contributed by atoms with Crippen molar-refractivity contribution < 1.29 is 19.1 Å². The van der Waals surface area contributed by atoms with Crippen LogP contribution in [0.4, 0.5) is 0 Å². The molecule has 4 rings (SSSR count). The van der Waals surface area contributed by atoms with Crippen LogP contribution in [0.1, 0.15) is 39.9 Å². The lowest BCUT2D eigenvalue weighted by atomic mass is 10.00. The molecule has 150 valence electrons. The summed E-state index contributed by atoms with van der Waals surface area (Å²) in [6.45, 7) is 2.15. The van der Waals surface area contributed by atoms with Gasteiger partial charge in [-0.2, -0.15) is 0 Å². The average Bonchev–Trinajstić information content (AvgIpc) is 3.16. The minimum absolute atomic E-state index is 0.145. The number of rotatable bonds is 5. The number of carbonyl (C=O) groups is 3. The third kappa shape index (κ3) is 4.47. The van der Waals surface area contributed by atoms with E-state index in [9.17, 15) is 14.4 Å². The molecule has 0 aromatic heterocycles. The van der Waals surface area contributed by atoms with Crippen molar-refractivity contribution in [1.82, 2.24) is 9.80 Å². The monoisotopic (exact) mass is 392 g/mol. The molecule has 0 bridgehead atoms. The second-order valence-corrected chi connectivity index (χ2v) is 7.53. The number of likely N-dealkylation sites (tertiary alicyclic amines) is 1. The molecule has 0 saturated carbocycles. The molecule has 1 saturated heterocycles. The summed E-state index contributed by atoms with van der Waals surface area (Å²) in [5.74, 6) is -0.566. The van der Waals surface area contributed by atoms with Crippen LogP contribution >= 0.6 is 0 Å². The van der Waals surface area contributed by atoms with E-state index in [1.165, 1.54) is 5.56 Å². The van der Waals surface area contributed by atoms with Gasteiger partial charge in [0, 0.05) is 32.6 Å². The van der Waals surface area contributed by atoms with Gasteiger partial charge >= 0.3 is 5.97 Å². The Balaban J connectivity index is 1.32. The van der Waals surface area contributed by atoms with Crippen LogP contribution < -0.4 is 0 Å². The van der Waals surface area contributed by atoms with E-state index in [0.29, 0.717) is 31.6 Å². The number of hydrogen-bond acceptors (Lipinski definition) is 4. The molecule has 0 atom stereocenters. The van der Waals surface area contributed by atoms with Crippen molar-refractivity contribution in [2.45, 2.75) is 32.4 Å². The van der Waals surface area contributed by atoms with Gasteiger partial charge in [0.05, 0.1) is 5.56 Å². The second-order valence-electron chi connectivity index (χ2n) is 7.53. The predicted molar refractivity (Wildman–Crippen MR) is 107 cm³/mol. The van der Waals surface area contributed by atoms with Gasteiger partial charge in [-0.15, -0.1) is 0 Å². The maximum Gasteiger partial charge on any atom is 0.338 e. The lowest BCUT2D eigenvalue weighted by Gasteiger charge is -2.28. The van der Waals surface area contributed by atoms with Gasteiger partial charge in [0.15, 0.2) is 6.61 Å². The normalized spacial score (nSPS) is 15.9. The van der Waals surface area contributed by atoms with Crippen LogP contribution in [-0.2, 0) is 33.8 Å². The predicted octanol–water partition coefficient (Wildman–Crippen LogP) is 2.55. The summed E-state index contributed by atoms with van der Waals surface area (Å²) >= 11 is 0. The van der Waals surface area contributed by atoms with Crippen molar-refractivity contribution in [3.63, 3.8) is 0 Å². The molecular formula is C23H24N2O4. The third-order valence-electron chi connectivity index (χ3n) is 5.52. The Morgan fingerprint density at radius 3 is 2.59 bits per heavy atom. The largest absolute Gasteiger partial charge is 0.452 e. The fraction of sp³-hybridized carbons (Fsp3) is 0.348. The maximum absolute atomic E-state index is 12.5. The number of nitrogens with zero attached hydrogens (tertiary/aromatic N) is 2. The molecule has 0 radical (unpaired) electrons. The minimum Gasteiger partial charge on any atom is -0.452 e. The smallest absolute Gasteiger partial charge is 0.338 e. The van der Waals surface area contributed by atoms with Crippen LogP contribution in [0, 0.1) is 0 Å². The van der Waals surface area contributed by atoms with Crippen molar-refractivity contribution in [3.8, 4) is 0 Å². The van der Waals surface area contributed by atoms with Crippen molar-refractivity contribution in [1.29, 1.82) is 0 Å². The maximum atomic E-state index is 12.5. The zero-order valence-corrected chi connectivity index (χ0v) is 16.3. The molecule has 2 aliphatic rings. The van der Waals surface area contributed by atoms with E-state index in [-0.39, 0.29) is 18.4 Å². The fourth-order valence-electron chi connectivity index (χ4n) is 3.90. The molecule has 29 heavy (non-hydrogen) atoms. The van der Waals surface area contributed by atoms with E-state index < -0.39 is 5.97 Å². The Hall–Kier alpha value is -3.15. The van der Waals surface area contributed by atoms with Gasteiger partial charge < -0.3 is 14.5 Å². The Morgan fingerprint density at radius 1 is 0.966 bits per heavy atom. The summed E-state index contributed by atoms with van der Waals surface area (Å²) in [7, 11) is 0.